The molecule has 8 nitrogen and oxygen atoms in total. The lowest BCUT2D eigenvalue weighted by Gasteiger charge is -2.31. The average molecular weight is 481 g/mol. The molecular weight excluding hydrogens is 448 g/mol. The summed E-state index contributed by atoms with van der Waals surface area (Å²) in [5.41, 5.74) is 2.12. The molecular formula is C27H32N2O6. The van der Waals surface area contributed by atoms with Crippen molar-refractivity contribution in [1.82, 2.24) is 9.80 Å². The van der Waals surface area contributed by atoms with E-state index < -0.39 is 17.7 Å². The van der Waals surface area contributed by atoms with E-state index in [2.05, 4.69) is 4.90 Å². The van der Waals surface area contributed by atoms with Gasteiger partial charge in [-0.2, -0.15) is 0 Å². The smallest absolute Gasteiger partial charge is 0.295 e. The number of methoxy groups -OCH3 is 1. The van der Waals surface area contributed by atoms with Crippen LogP contribution in [0.4, 0.5) is 0 Å². The third-order valence-electron chi connectivity index (χ3n) is 6.48. The number of morpholine rings is 1. The third kappa shape index (κ3) is 5.18. The van der Waals surface area contributed by atoms with Gasteiger partial charge in [0.1, 0.15) is 17.3 Å². The second-order valence-electron chi connectivity index (χ2n) is 8.63. The summed E-state index contributed by atoms with van der Waals surface area (Å²) in [5, 5.41) is 11.3. The summed E-state index contributed by atoms with van der Waals surface area (Å²) in [6, 6.07) is 11.8. The van der Waals surface area contributed by atoms with E-state index in [0.29, 0.717) is 50.0 Å². The molecule has 0 unspecified atom stereocenters. The minimum absolute atomic E-state index is 0.0886. The maximum atomic E-state index is 13.3. The van der Waals surface area contributed by atoms with Crippen molar-refractivity contribution in [2.45, 2.75) is 19.9 Å². The van der Waals surface area contributed by atoms with E-state index in [0.717, 1.165) is 24.2 Å². The molecule has 2 heterocycles. The van der Waals surface area contributed by atoms with Gasteiger partial charge in [-0.3, -0.25) is 14.5 Å². The number of nitrogens with zero attached hydrogens (tertiary/aromatic N) is 2. The zero-order valence-corrected chi connectivity index (χ0v) is 20.5. The van der Waals surface area contributed by atoms with Gasteiger partial charge in [-0.1, -0.05) is 12.1 Å². The SMILES string of the molecule is CCOc1ccc(C(O)=C2C(=O)C(=O)N(CCN3CCOCC3)[C@@H]2c2ccc(OC)cc2)cc1C. The highest BCUT2D eigenvalue weighted by Gasteiger charge is 2.46. The van der Waals surface area contributed by atoms with Gasteiger partial charge < -0.3 is 24.2 Å². The lowest BCUT2D eigenvalue weighted by Crippen LogP contribution is -2.42. The van der Waals surface area contributed by atoms with Crippen LogP contribution >= 0.6 is 0 Å². The molecule has 1 atom stereocenters. The summed E-state index contributed by atoms with van der Waals surface area (Å²) >= 11 is 0. The number of hydrogen-bond donors (Lipinski definition) is 1. The minimum Gasteiger partial charge on any atom is -0.507 e. The predicted molar refractivity (Wildman–Crippen MR) is 132 cm³/mol. The largest absolute Gasteiger partial charge is 0.507 e. The molecule has 2 fully saturated rings. The number of hydrogen-bond acceptors (Lipinski definition) is 7. The number of carbonyl (C=O) groups excluding carboxylic acids is 2. The van der Waals surface area contributed by atoms with Crippen molar-refractivity contribution in [3.63, 3.8) is 0 Å². The van der Waals surface area contributed by atoms with Crippen molar-refractivity contribution in [3.05, 3.63) is 64.7 Å². The van der Waals surface area contributed by atoms with Crippen LogP contribution in [-0.4, -0.2) is 79.7 Å². The molecule has 186 valence electrons. The number of carbonyl (C=O) groups is 2. The van der Waals surface area contributed by atoms with E-state index in [-0.39, 0.29) is 11.3 Å². The second kappa shape index (κ2) is 10.9. The summed E-state index contributed by atoms with van der Waals surface area (Å²) < 4.78 is 16.3. The molecule has 1 N–H and O–H groups in total. The zero-order valence-electron chi connectivity index (χ0n) is 20.5. The molecule has 4 rings (SSSR count). The molecule has 2 aliphatic rings. The Kier molecular flexibility index (Phi) is 7.73. The summed E-state index contributed by atoms with van der Waals surface area (Å²) in [6.45, 7) is 8.15. The highest BCUT2D eigenvalue weighted by molar-refractivity contribution is 6.46. The maximum absolute atomic E-state index is 13.3. The number of aryl methyl sites for hydroxylation is 1. The zero-order chi connectivity index (χ0) is 24.9. The Balaban J connectivity index is 1.73. The van der Waals surface area contributed by atoms with Crippen molar-refractivity contribution in [3.8, 4) is 11.5 Å². The van der Waals surface area contributed by atoms with Crippen LogP contribution in [0, 0.1) is 6.92 Å². The molecule has 0 saturated carbocycles. The Morgan fingerprint density at radius 3 is 2.43 bits per heavy atom. The van der Waals surface area contributed by atoms with E-state index in [1.807, 2.05) is 26.0 Å². The molecule has 0 aromatic heterocycles. The number of ketones is 1. The maximum Gasteiger partial charge on any atom is 0.295 e. The molecule has 0 spiro atoms. The Bertz CT molecular complexity index is 1110. The Morgan fingerprint density at radius 1 is 1.09 bits per heavy atom. The van der Waals surface area contributed by atoms with Gasteiger partial charge >= 0.3 is 0 Å². The quantitative estimate of drug-likeness (QED) is 0.353. The molecule has 0 aliphatic carbocycles. The Morgan fingerprint density at radius 2 is 1.80 bits per heavy atom. The van der Waals surface area contributed by atoms with Gasteiger partial charge in [-0.05, 0) is 55.3 Å². The summed E-state index contributed by atoms with van der Waals surface area (Å²) in [7, 11) is 1.58. The average Bonchev–Trinajstić information content (AvgIpc) is 3.14. The molecule has 0 bridgehead atoms. The van der Waals surface area contributed by atoms with Crippen LogP contribution < -0.4 is 9.47 Å². The lowest BCUT2D eigenvalue weighted by molar-refractivity contribution is -0.140. The van der Waals surface area contributed by atoms with E-state index in [4.69, 9.17) is 14.2 Å². The molecule has 1 amide bonds. The molecule has 35 heavy (non-hydrogen) atoms. The van der Waals surface area contributed by atoms with Gasteiger partial charge in [-0.15, -0.1) is 0 Å². The van der Waals surface area contributed by atoms with E-state index in [1.54, 1.807) is 42.3 Å². The van der Waals surface area contributed by atoms with Crippen LogP contribution in [0.1, 0.15) is 29.7 Å². The van der Waals surface area contributed by atoms with Crippen LogP contribution in [0.2, 0.25) is 0 Å². The first-order valence-corrected chi connectivity index (χ1v) is 11.9. The lowest BCUT2D eigenvalue weighted by atomic mass is 9.94. The fourth-order valence-corrected chi connectivity index (χ4v) is 4.59. The van der Waals surface area contributed by atoms with Crippen LogP contribution in [-0.2, 0) is 14.3 Å². The number of amides is 1. The minimum atomic E-state index is -0.700. The fourth-order valence-electron chi connectivity index (χ4n) is 4.59. The third-order valence-corrected chi connectivity index (χ3v) is 6.48. The number of benzene rings is 2. The normalized spacial score (nSPS) is 20.3. The molecule has 2 aliphatic heterocycles. The second-order valence-corrected chi connectivity index (χ2v) is 8.63. The van der Waals surface area contributed by atoms with E-state index >= 15 is 0 Å². The number of rotatable bonds is 8. The van der Waals surface area contributed by atoms with Crippen molar-refractivity contribution >= 4 is 17.4 Å². The highest BCUT2D eigenvalue weighted by atomic mass is 16.5. The van der Waals surface area contributed by atoms with Gasteiger partial charge in [0.2, 0.25) is 0 Å². The van der Waals surface area contributed by atoms with Crippen LogP contribution in [0.15, 0.2) is 48.0 Å². The van der Waals surface area contributed by atoms with Gasteiger partial charge in [0.25, 0.3) is 11.7 Å². The molecule has 2 aromatic rings. The van der Waals surface area contributed by atoms with Crippen molar-refractivity contribution in [1.29, 1.82) is 0 Å². The molecule has 2 saturated heterocycles. The Hall–Kier alpha value is -3.36. The van der Waals surface area contributed by atoms with Crippen LogP contribution in [0.5, 0.6) is 11.5 Å². The predicted octanol–water partition coefficient (Wildman–Crippen LogP) is 3.16. The standard InChI is InChI=1S/C27H32N2O6/c1-4-35-22-10-7-20(17-18(22)2)25(30)23-24(19-5-8-21(33-3)9-6-19)29(27(32)26(23)31)12-11-28-13-15-34-16-14-28/h5-10,17,24,30H,4,11-16H2,1-3H3/t24-/m1/s1. The topological polar surface area (TPSA) is 88.5 Å². The Labute approximate surface area is 205 Å². The monoisotopic (exact) mass is 480 g/mol. The van der Waals surface area contributed by atoms with Gasteiger partial charge in [-0.25, -0.2) is 0 Å². The first kappa shape index (κ1) is 24.8. The number of Topliss-reactive ketones (excluding diaryl/α,β-unsaturated/α-hetero) is 1. The molecule has 8 heteroatoms. The van der Waals surface area contributed by atoms with Crippen molar-refractivity contribution in [2.75, 3.05) is 53.1 Å². The van der Waals surface area contributed by atoms with Crippen molar-refractivity contribution in [2.24, 2.45) is 0 Å². The van der Waals surface area contributed by atoms with E-state index in [9.17, 15) is 14.7 Å². The first-order chi connectivity index (χ1) is 16.9. The number of aliphatic hydroxyl groups excluding tert-OH is 1. The summed E-state index contributed by atoms with van der Waals surface area (Å²) in [6.07, 6.45) is 0. The first-order valence-electron chi connectivity index (χ1n) is 11.9. The van der Waals surface area contributed by atoms with Crippen LogP contribution in [0.3, 0.4) is 0 Å². The number of likely N-dealkylation sites (tertiary alicyclic amines) is 1. The van der Waals surface area contributed by atoms with Crippen LogP contribution in [0.25, 0.3) is 5.76 Å². The van der Waals surface area contributed by atoms with Crippen molar-refractivity contribution < 1.29 is 28.9 Å². The highest BCUT2D eigenvalue weighted by Crippen LogP contribution is 2.40. The molecule has 2 aromatic carbocycles. The van der Waals surface area contributed by atoms with E-state index in [1.165, 1.54) is 0 Å². The van der Waals surface area contributed by atoms with Gasteiger partial charge in [0.05, 0.1) is 38.5 Å². The number of aliphatic hydroxyl groups is 1. The van der Waals surface area contributed by atoms with Gasteiger partial charge in [0.15, 0.2) is 0 Å². The number of ether oxygens (including phenoxy) is 3. The summed E-state index contributed by atoms with van der Waals surface area (Å²) in [5.74, 6) is -0.104. The van der Waals surface area contributed by atoms with Gasteiger partial charge in [0, 0.05) is 31.7 Å². The molecule has 0 radical (unpaired) electrons. The fraction of sp³-hybridized carbons (Fsp3) is 0.407. The summed E-state index contributed by atoms with van der Waals surface area (Å²) in [4.78, 5) is 30.2.